The van der Waals surface area contributed by atoms with Crippen LogP contribution in [0.4, 0.5) is 10.1 Å². The molecule has 0 bridgehead atoms. The fourth-order valence-corrected chi connectivity index (χ4v) is 3.39. The average Bonchev–Trinajstić information content (AvgIpc) is 3.24. The van der Waals surface area contributed by atoms with Gasteiger partial charge in [0.05, 0.1) is 25.0 Å². The van der Waals surface area contributed by atoms with Gasteiger partial charge < -0.3 is 24.3 Å². The molecule has 1 heterocycles. The van der Waals surface area contributed by atoms with Crippen LogP contribution in [0, 0.1) is 5.82 Å². The summed E-state index contributed by atoms with van der Waals surface area (Å²) < 4.78 is 35.6. The highest BCUT2D eigenvalue weighted by atomic mass is 19.1. The number of nitrogens with one attached hydrogen (secondary N) is 1. The van der Waals surface area contributed by atoms with Crippen LogP contribution in [0.2, 0.25) is 0 Å². The van der Waals surface area contributed by atoms with Gasteiger partial charge in [-0.25, -0.2) is 14.2 Å². The number of cyclic esters (lactones) is 1. The van der Waals surface area contributed by atoms with Crippen LogP contribution in [0.3, 0.4) is 0 Å². The number of hydrogen-bond acceptors (Lipinski definition) is 7. The standard InChI is InChI=1S/C27H23FN2O6/c1-3-34-22-11-7-4-8-18(22)26-30-21(27(32)36-26)14-17-12-13-23(24(15-17)33-2)35-16-25(31)29-20-10-6-5-9-19(20)28/h4-15H,3,16H2,1-2H3,(H,29,31). The summed E-state index contributed by atoms with van der Waals surface area (Å²) in [5, 5.41) is 2.45. The summed E-state index contributed by atoms with van der Waals surface area (Å²) in [5.41, 5.74) is 1.35. The molecule has 0 aromatic heterocycles. The maximum Gasteiger partial charge on any atom is 0.363 e. The number of hydrogen-bond donors (Lipinski definition) is 1. The third kappa shape index (κ3) is 5.69. The molecule has 1 aliphatic rings. The van der Waals surface area contributed by atoms with E-state index in [-0.39, 0.29) is 23.9 Å². The number of amides is 1. The van der Waals surface area contributed by atoms with Crippen LogP contribution in [-0.4, -0.2) is 38.1 Å². The molecule has 0 spiro atoms. The third-order valence-corrected chi connectivity index (χ3v) is 5.04. The molecule has 0 saturated heterocycles. The van der Waals surface area contributed by atoms with E-state index in [9.17, 15) is 14.0 Å². The number of esters is 1. The number of halogens is 1. The first kappa shape index (κ1) is 24.5. The minimum Gasteiger partial charge on any atom is -0.493 e. The van der Waals surface area contributed by atoms with Crippen LogP contribution in [0.15, 0.2) is 77.4 Å². The lowest BCUT2D eigenvalue weighted by Crippen LogP contribution is -2.20. The quantitative estimate of drug-likeness (QED) is 0.348. The Balaban J connectivity index is 1.48. The van der Waals surface area contributed by atoms with E-state index >= 15 is 0 Å². The highest BCUT2D eigenvalue weighted by Gasteiger charge is 2.26. The predicted octanol–water partition coefficient (Wildman–Crippen LogP) is 4.60. The number of ether oxygens (including phenoxy) is 4. The largest absolute Gasteiger partial charge is 0.493 e. The van der Waals surface area contributed by atoms with E-state index in [0.29, 0.717) is 35.0 Å². The molecule has 9 heteroatoms. The van der Waals surface area contributed by atoms with Gasteiger partial charge >= 0.3 is 5.97 Å². The predicted molar refractivity (Wildman–Crippen MR) is 132 cm³/mol. The molecule has 0 saturated carbocycles. The Morgan fingerprint density at radius 1 is 1.03 bits per heavy atom. The highest BCUT2D eigenvalue weighted by Crippen LogP contribution is 2.30. The van der Waals surface area contributed by atoms with Gasteiger partial charge in [-0.15, -0.1) is 0 Å². The minimum atomic E-state index is -0.597. The van der Waals surface area contributed by atoms with Gasteiger partial charge in [-0.05, 0) is 55.0 Å². The molecule has 0 unspecified atom stereocenters. The topological polar surface area (TPSA) is 95.5 Å². The maximum absolute atomic E-state index is 13.7. The van der Waals surface area contributed by atoms with E-state index in [1.54, 1.807) is 48.5 Å². The van der Waals surface area contributed by atoms with Crippen molar-refractivity contribution < 1.29 is 32.9 Å². The lowest BCUT2D eigenvalue weighted by atomic mass is 10.1. The van der Waals surface area contributed by atoms with Gasteiger partial charge in [-0.2, -0.15) is 0 Å². The van der Waals surface area contributed by atoms with E-state index in [4.69, 9.17) is 18.9 Å². The number of aliphatic imine (C=N–C) groups is 1. The summed E-state index contributed by atoms with van der Waals surface area (Å²) in [6.45, 7) is 1.96. The second kappa shape index (κ2) is 11.2. The first-order valence-corrected chi connectivity index (χ1v) is 11.1. The Hall–Kier alpha value is -4.66. The number of anilines is 1. The fourth-order valence-electron chi connectivity index (χ4n) is 3.39. The van der Waals surface area contributed by atoms with Crippen LogP contribution < -0.4 is 19.5 Å². The molecule has 0 fully saturated rings. The second-order valence-corrected chi connectivity index (χ2v) is 7.49. The highest BCUT2D eigenvalue weighted by molar-refractivity contribution is 6.13. The second-order valence-electron chi connectivity index (χ2n) is 7.49. The van der Waals surface area contributed by atoms with Crippen molar-refractivity contribution >= 4 is 29.5 Å². The molecule has 1 aliphatic heterocycles. The van der Waals surface area contributed by atoms with Crippen molar-refractivity contribution in [2.24, 2.45) is 4.99 Å². The van der Waals surface area contributed by atoms with Gasteiger partial charge in [-0.1, -0.05) is 30.3 Å². The molecule has 0 radical (unpaired) electrons. The number of rotatable bonds is 9. The first-order chi connectivity index (χ1) is 17.5. The van der Waals surface area contributed by atoms with Crippen molar-refractivity contribution in [1.29, 1.82) is 0 Å². The molecule has 184 valence electrons. The van der Waals surface area contributed by atoms with Gasteiger partial charge in [0.15, 0.2) is 23.8 Å². The van der Waals surface area contributed by atoms with Gasteiger partial charge in [0, 0.05) is 0 Å². The Labute approximate surface area is 207 Å². The Bertz CT molecular complexity index is 1350. The normalized spacial score (nSPS) is 13.7. The number of carbonyl (C=O) groups is 2. The molecule has 1 N–H and O–H groups in total. The molecule has 1 amide bonds. The van der Waals surface area contributed by atoms with Crippen LogP contribution in [0.1, 0.15) is 18.1 Å². The lowest BCUT2D eigenvalue weighted by Gasteiger charge is -2.12. The zero-order valence-corrected chi connectivity index (χ0v) is 19.6. The van der Waals surface area contributed by atoms with Gasteiger partial charge in [-0.3, -0.25) is 4.79 Å². The van der Waals surface area contributed by atoms with E-state index in [1.807, 2.05) is 13.0 Å². The van der Waals surface area contributed by atoms with Crippen molar-refractivity contribution in [2.75, 3.05) is 25.6 Å². The summed E-state index contributed by atoms with van der Waals surface area (Å²) >= 11 is 0. The molecular formula is C27H23FN2O6. The number of methoxy groups -OCH3 is 1. The maximum atomic E-state index is 13.7. The van der Waals surface area contributed by atoms with Crippen LogP contribution in [-0.2, 0) is 14.3 Å². The lowest BCUT2D eigenvalue weighted by molar-refractivity contribution is -0.130. The van der Waals surface area contributed by atoms with Crippen molar-refractivity contribution in [3.63, 3.8) is 0 Å². The SMILES string of the molecule is CCOc1ccccc1C1=NC(=Cc2ccc(OCC(=O)Nc3ccccc3F)c(OC)c2)C(=O)O1. The zero-order valence-electron chi connectivity index (χ0n) is 19.6. The Morgan fingerprint density at radius 3 is 2.58 bits per heavy atom. The Kier molecular flexibility index (Phi) is 7.60. The monoisotopic (exact) mass is 490 g/mol. The van der Waals surface area contributed by atoms with Crippen LogP contribution >= 0.6 is 0 Å². The number of benzene rings is 3. The molecule has 8 nitrogen and oxygen atoms in total. The van der Waals surface area contributed by atoms with Crippen LogP contribution in [0.5, 0.6) is 17.2 Å². The van der Waals surface area contributed by atoms with Gasteiger partial charge in [0.2, 0.25) is 5.90 Å². The average molecular weight is 490 g/mol. The first-order valence-electron chi connectivity index (χ1n) is 11.1. The van der Waals surface area contributed by atoms with Gasteiger partial charge in [0.1, 0.15) is 11.6 Å². The minimum absolute atomic E-state index is 0.0623. The van der Waals surface area contributed by atoms with E-state index in [2.05, 4.69) is 10.3 Å². The van der Waals surface area contributed by atoms with E-state index < -0.39 is 17.7 Å². The summed E-state index contributed by atoms with van der Waals surface area (Å²) in [7, 11) is 1.45. The fraction of sp³-hybridized carbons (Fsp3) is 0.148. The van der Waals surface area contributed by atoms with Crippen molar-refractivity contribution in [3.8, 4) is 17.2 Å². The Morgan fingerprint density at radius 2 is 1.81 bits per heavy atom. The third-order valence-electron chi connectivity index (χ3n) is 5.04. The summed E-state index contributed by atoms with van der Waals surface area (Å²) in [6, 6.07) is 17.9. The summed E-state index contributed by atoms with van der Waals surface area (Å²) in [4.78, 5) is 28.9. The number of para-hydroxylation sites is 2. The van der Waals surface area contributed by atoms with Crippen LogP contribution in [0.25, 0.3) is 6.08 Å². The molecule has 0 aliphatic carbocycles. The van der Waals surface area contributed by atoms with E-state index in [1.165, 1.54) is 25.3 Å². The molecule has 36 heavy (non-hydrogen) atoms. The van der Waals surface area contributed by atoms with E-state index in [0.717, 1.165) is 0 Å². The summed E-state index contributed by atoms with van der Waals surface area (Å²) in [6.07, 6.45) is 1.55. The van der Waals surface area contributed by atoms with Crippen molar-refractivity contribution in [2.45, 2.75) is 6.92 Å². The molecule has 3 aromatic carbocycles. The van der Waals surface area contributed by atoms with Gasteiger partial charge in [0.25, 0.3) is 5.91 Å². The number of nitrogens with zero attached hydrogens (tertiary/aromatic N) is 1. The smallest absolute Gasteiger partial charge is 0.363 e. The number of carbonyl (C=O) groups excluding carboxylic acids is 2. The molecular weight excluding hydrogens is 467 g/mol. The molecule has 4 rings (SSSR count). The van der Waals surface area contributed by atoms with Crippen molar-refractivity contribution in [3.05, 3.63) is 89.4 Å². The molecule has 0 atom stereocenters. The van der Waals surface area contributed by atoms with Crippen molar-refractivity contribution in [1.82, 2.24) is 0 Å². The summed E-state index contributed by atoms with van der Waals surface area (Å²) in [5.74, 6) is -0.319. The molecule has 3 aromatic rings. The zero-order chi connectivity index (χ0) is 25.5.